The van der Waals surface area contributed by atoms with Crippen LogP contribution in [0.4, 0.5) is 14.3 Å². The number of carbonyl (C=O) groups excluding carboxylic acids is 1. The van der Waals surface area contributed by atoms with Gasteiger partial charge in [0, 0.05) is 24.0 Å². The van der Waals surface area contributed by atoms with E-state index in [0.29, 0.717) is 22.7 Å². The van der Waals surface area contributed by atoms with E-state index in [-0.39, 0.29) is 17.3 Å². The summed E-state index contributed by atoms with van der Waals surface area (Å²) in [7, 11) is -3.74. The molecule has 2 aromatic carbocycles. The van der Waals surface area contributed by atoms with Crippen LogP contribution in [0.1, 0.15) is 21.6 Å². The molecule has 29 heavy (non-hydrogen) atoms. The third-order valence-corrected chi connectivity index (χ3v) is 5.94. The standard InChI is InChI=1S/C19H19FN4O3S2/c1-12-2-3-14(9-17(12)20)8-15-11-23-19(28-15)24-18(25)22-10-13-4-6-16(7-5-13)29(21,26)27/h2-7,9,11H,8,10H2,1H3,(H2,21,26,27)(H2,22,23,24,25). The van der Waals surface area contributed by atoms with Crippen LogP contribution in [-0.4, -0.2) is 19.4 Å². The summed E-state index contributed by atoms with van der Waals surface area (Å²) in [6, 6.07) is 10.5. The zero-order valence-corrected chi connectivity index (χ0v) is 17.1. The molecule has 0 spiro atoms. The number of carbonyl (C=O) groups is 1. The number of anilines is 1. The lowest BCUT2D eigenvalue weighted by atomic mass is 10.1. The quantitative estimate of drug-likeness (QED) is 0.553. The predicted molar refractivity (Wildman–Crippen MR) is 110 cm³/mol. The minimum atomic E-state index is -3.74. The number of nitrogens with one attached hydrogen (secondary N) is 2. The number of sulfonamides is 1. The van der Waals surface area contributed by atoms with Crippen molar-refractivity contribution in [3.05, 3.63) is 76.0 Å². The Morgan fingerprint density at radius 2 is 1.86 bits per heavy atom. The van der Waals surface area contributed by atoms with Gasteiger partial charge in [0.2, 0.25) is 10.0 Å². The van der Waals surface area contributed by atoms with Gasteiger partial charge in [-0.05, 0) is 41.8 Å². The number of thiazole rings is 1. The lowest BCUT2D eigenvalue weighted by Crippen LogP contribution is -2.28. The molecule has 3 aromatic rings. The number of hydrogen-bond acceptors (Lipinski definition) is 5. The maximum atomic E-state index is 13.7. The molecule has 10 heteroatoms. The highest BCUT2D eigenvalue weighted by Crippen LogP contribution is 2.22. The Labute approximate surface area is 171 Å². The van der Waals surface area contributed by atoms with Gasteiger partial charge in [0.1, 0.15) is 5.82 Å². The second-order valence-corrected chi connectivity index (χ2v) is 9.07. The van der Waals surface area contributed by atoms with Crippen LogP contribution in [0.25, 0.3) is 0 Å². The second kappa shape index (κ2) is 8.68. The lowest BCUT2D eigenvalue weighted by Gasteiger charge is -2.06. The van der Waals surface area contributed by atoms with Crippen molar-refractivity contribution in [2.24, 2.45) is 5.14 Å². The van der Waals surface area contributed by atoms with Crippen molar-refractivity contribution < 1.29 is 17.6 Å². The molecule has 0 fully saturated rings. The highest BCUT2D eigenvalue weighted by atomic mass is 32.2. The lowest BCUT2D eigenvalue weighted by molar-refractivity contribution is 0.251. The van der Waals surface area contributed by atoms with E-state index in [0.717, 1.165) is 10.4 Å². The maximum absolute atomic E-state index is 13.7. The van der Waals surface area contributed by atoms with Gasteiger partial charge in [-0.15, -0.1) is 11.3 Å². The zero-order chi connectivity index (χ0) is 21.0. The number of urea groups is 1. The van der Waals surface area contributed by atoms with Crippen LogP contribution in [0.5, 0.6) is 0 Å². The fourth-order valence-electron chi connectivity index (χ4n) is 2.52. The van der Waals surface area contributed by atoms with Crippen molar-refractivity contribution in [3.8, 4) is 0 Å². The van der Waals surface area contributed by atoms with E-state index in [1.807, 2.05) is 6.07 Å². The van der Waals surface area contributed by atoms with E-state index in [4.69, 9.17) is 5.14 Å². The van der Waals surface area contributed by atoms with E-state index in [9.17, 15) is 17.6 Å². The van der Waals surface area contributed by atoms with Crippen LogP contribution < -0.4 is 15.8 Å². The average molecular weight is 435 g/mol. The molecule has 0 aliphatic rings. The molecule has 152 valence electrons. The summed E-state index contributed by atoms with van der Waals surface area (Å²) in [6.45, 7) is 1.92. The van der Waals surface area contributed by atoms with Gasteiger partial charge in [0.05, 0.1) is 4.90 Å². The van der Waals surface area contributed by atoms with Crippen molar-refractivity contribution in [2.75, 3.05) is 5.32 Å². The van der Waals surface area contributed by atoms with Gasteiger partial charge in [-0.3, -0.25) is 5.32 Å². The monoisotopic (exact) mass is 434 g/mol. The molecular formula is C19H19FN4O3S2. The Balaban J connectivity index is 1.52. The number of amides is 2. The van der Waals surface area contributed by atoms with Gasteiger partial charge in [-0.1, -0.05) is 24.3 Å². The Hall–Kier alpha value is -2.82. The number of hydrogen-bond donors (Lipinski definition) is 3. The molecule has 2 amide bonds. The molecule has 1 heterocycles. The molecule has 3 rings (SSSR count). The van der Waals surface area contributed by atoms with E-state index >= 15 is 0 Å². The summed E-state index contributed by atoms with van der Waals surface area (Å²) in [5, 5.41) is 10.8. The smallest absolute Gasteiger partial charge is 0.321 e. The molecule has 0 aliphatic carbocycles. The number of primary sulfonamides is 1. The zero-order valence-electron chi connectivity index (χ0n) is 15.5. The first kappa shape index (κ1) is 20.9. The van der Waals surface area contributed by atoms with E-state index in [2.05, 4.69) is 15.6 Å². The number of halogens is 1. The summed E-state index contributed by atoms with van der Waals surface area (Å²) in [4.78, 5) is 17.1. The van der Waals surface area contributed by atoms with Crippen LogP contribution in [0.15, 0.2) is 53.6 Å². The van der Waals surface area contributed by atoms with Crippen LogP contribution in [0.3, 0.4) is 0 Å². The van der Waals surface area contributed by atoms with Crippen LogP contribution in [0, 0.1) is 12.7 Å². The Morgan fingerprint density at radius 3 is 2.52 bits per heavy atom. The van der Waals surface area contributed by atoms with E-state index < -0.39 is 16.1 Å². The molecular weight excluding hydrogens is 415 g/mol. The number of rotatable bonds is 6. The highest BCUT2D eigenvalue weighted by molar-refractivity contribution is 7.89. The second-order valence-electron chi connectivity index (χ2n) is 6.39. The maximum Gasteiger partial charge on any atom is 0.321 e. The third-order valence-electron chi connectivity index (χ3n) is 4.09. The summed E-state index contributed by atoms with van der Waals surface area (Å²) in [6.07, 6.45) is 2.17. The van der Waals surface area contributed by atoms with Crippen molar-refractivity contribution in [1.29, 1.82) is 0 Å². The highest BCUT2D eigenvalue weighted by Gasteiger charge is 2.09. The first-order valence-corrected chi connectivity index (χ1v) is 10.9. The molecule has 0 saturated heterocycles. The number of aromatic nitrogens is 1. The van der Waals surface area contributed by atoms with Crippen molar-refractivity contribution in [1.82, 2.24) is 10.3 Å². The van der Waals surface area contributed by atoms with Crippen LogP contribution in [-0.2, 0) is 23.0 Å². The van der Waals surface area contributed by atoms with Gasteiger partial charge < -0.3 is 5.32 Å². The average Bonchev–Trinajstić information content (AvgIpc) is 3.09. The predicted octanol–water partition coefficient (Wildman–Crippen LogP) is 3.15. The van der Waals surface area contributed by atoms with Gasteiger partial charge in [-0.25, -0.2) is 27.7 Å². The Kier molecular flexibility index (Phi) is 6.26. The fraction of sp³-hybridized carbons (Fsp3) is 0.158. The van der Waals surface area contributed by atoms with E-state index in [1.165, 1.54) is 29.5 Å². The van der Waals surface area contributed by atoms with Gasteiger partial charge in [-0.2, -0.15) is 0 Å². The molecule has 0 radical (unpaired) electrons. The SMILES string of the molecule is Cc1ccc(Cc2cnc(NC(=O)NCc3ccc(S(N)(=O)=O)cc3)s2)cc1F. The molecule has 0 saturated carbocycles. The molecule has 0 unspecified atom stereocenters. The van der Waals surface area contributed by atoms with Crippen molar-refractivity contribution >= 4 is 32.5 Å². The number of nitrogens with two attached hydrogens (primary N) is 1. The van der Waals surface area contributed by atoms with Gasteiger partial charge in [0.15, 0.2) is 5.13 Å². The van der Waals surface area contributed by atoms with Gasteiger partial charge >= 0.3 is 6.03 Å². The molecule has 7 nitrogen and oxygen atoms in total. The molecule has 0 atom stereocenters. The van der Waals surface area contributed by atoms with Crippen LogP contribution >= 0.6 is 11.3 Å². The third kappa shape index (κ3) is 5.83. The summed E-state index contributed by atoms with van der Waals surface area (Å²) < 4.78 is 36.1. The summed E-state index contributed by atoms with van der Waals surface area (Å²) in [5.74, 6) is -0.248. The largest absolute Gasteiger partial charge is 0.334 e. The Morgan fingerprint density at radius 1 is 1.17 bits per heavy atom. The van der Waals surface area contributed by atoms with Gasteiger partial charge in [0.25, 0.3) is 0 Å². The first-order valence-electron chi connectivity index (χ1n) is 8.57. The minimum Gasteiger partial charge on any atom is -0.334 e. The van der Waals surface area contributed by atoms with Crippen molar-refractivity contribution in [3.63, 3.8) is 0 Å². The number of benzene rings is 2. The van der Waals surface area contributed by atoms with Crippen LogP contribution in [0.2, 0.25) is 0 Å². The summed E-state index contributed by atoms with van der Waals surface area (Å²) in [5.41, 5.74) is 2.14. The molecule has 4 N–H and O–H groups in total. The molecule has 1 aromatic heterocycles. The minimum absolute atomic E-state index is 0.00877. The molecule has 0 bridgehead atoms. The van der Waals surface area contributed by atoms with Crippen molar-refractivity contribution in [2.45, 2.75) is 24.8 Å². The summed E-state index contributed by atoms with van der Waals surface area (Å²) >= 11 is 1.31. The topological polar surface area (TPSA) is 114 Å². The molecule has 0 aliphatic heterocycles. The van der Waals surface area contributed by atoms with E-state index in [1.54, 1.807) is 31.3 Å². The number of nitrogens with zero attached hydrogens (tertiary/aromatic N) is 1. The first-order chi connectivity index (χ1) is 13.7. The number of aryl methyl sites for hydroxylation is 1. The normalized spacial score (nSPS) is 11.3. The fourth-order valence-corrected chi connectivity index (χ4v) is 3.87. The Bertz CT molecular complexity index is 1130.